The minimum Gasteiger partial charge on any atom is -0.493 e. The molecule has 14 heteroatoms. The Morgan fingerprint density at radius 3 is 2.71 bits per heavy atom. The van der Waals surface area contributed by atoms with E-state index in [1.807, 2.05) is 54.6 Å². The number of rotatable bonds is 4. The summed E-state index contributed by atoms with van der Waals surface area (Å²) in [6.45, 7) is 1.24. The summed E-state index contributed by atoms with van der Waals surface area (Å²) in [5.41, 5.74) is 3.99. The average Bonchev–Trinajstić information content (AvgIpc) is 3.83. The van der Waals surface area contributed by atoms with E-state index in [0.717, 1.165) is 22.3 Å². The van der Waals surface area contributed by atoms with E-state index in [1.165, 1.54) is 11.0 Å². The van der Waals surface area contributed by atoms with Gasteiger partial charge in [0.05, 0.1) is 26.9 Å². The van der Waals surface area contributed by atoms with E-state index < -0.39 is 6.04 Å². The Morgan fingerprint density at radius 2 is 1.88 bits per heavy atom. The first kappa shape index (κ1) is 30.7. The maximum atomic E-state index is 14.2. The zero-order valence-corrected chi connectivity index (χ0v) is 26.5. The lowest BCUT2D eigenvalue weighted by Gasteiger charge is -2.38. The highest BCUT2D eigenvalue weighted by atomic mass is 16.5. The molecule has 246 valence electrons. The Kier molecular flexibility index (Phi) is 8.60. The summed E-state index contributed by atoms with van der Waals surface area (Å²) in [6.07, 6.45) is 3.51. The van der Waals surface area contributed by atoms with Crippen LogP contribution in [0.4, 0.5) is 0 Å². The molecule has 0 aliphatic carbocycles. The smallest absolute Gasteiger partial charge is 0.272 e. The van der Waals surface area contributed by atoms with Gasteiger partial charge in [0.1, 0.15) is 17.8 Å². The lowest BCUT2D eigenvalue weighted by Crippen LogP contribution is -2.40. The number of benzene rings is 3. The van der Waals surface area contributed by atoms with Crippen molar-refractivity contribution in [2.75, 3.05) is 33.9 Å². The van der Waals surface area contributed by atoms with Crippen LogP contribution in [0.2, 0.25) is 0 Å². The number of carbonyl (C=O) groups is 2. The van der Waals surface area contributed by atoms with Crippen molar-refractivity contribution in [3.63, 3.8) is 0 Å². The maximum Gasteiger partial charge on any atom is 0.272 e. The second kappa shape index (κ2) is 13.4. The normalized spacial score (nSPS) is 16.3. The van der Waals surface area contributed by atoms with Crippen LogP contribution in [0.1, 0.15) is 51.6 Å². The number of carbonyl (C=O) groups excluding carboxylic acids is 2. The fourth-order valence-electron chi connectivity index (χ4n) is 6.10. The van der Waals surface area contributed by atoms with E-state index in [9.17, 15) is 9.59 Å². The number of tetrazole rings is 1. The monoisotopic (exact) mass is 650 g/mol. The Labute approximate surface area is 275 Å². The molecule has 48 heavy (non-hydrogen) atoms. The molecule has 1 unspecified atom stereocenters. The lowest BCUT2D eigenvalue weighted by molar-refractivity contribution is -0.121. The van der Waals surface area contributed by atoms with Gasteiger partial charge < -0.3 is 29.2 Å². The van der Waals surface area contributed by atoms with Crippen molar-refractivity contribution in [1.82, 2.24) is 40.6 Å². The highest BCUT2D eigenvalue weighted by molar-refractivity contribution is 5.93. The van der Waals surface area contributed by atoms with Gasteiger partial charge in [0.15, 0.2) is 28.8 Å². The van der Waals surface area contributed by atoms with Gasteiger partial charge in [-0.15, -0.1) is 5.10 Å². The number of nitrogens with zero attached hydrogens (tertiary/aromatic N) is 6. The van der Waals surface area contributed by atoms with Crippen LogP contribution < -0.4 is 24.3 Å². The lowest BCUT2D eigenvalue weighted by atomic mass is 9.87. The van der Waals surface area contributed by atoms with Crippen molar-refractivity contribution < 1.29 is 28.5 Å². The van der Waals surface area contributed by atoms with Crippen molar-refractivity contribution in [1.29, 1.82) is 0 Å². The molecule has 2 amide bonds. The van der Waals surface area contributed by atoms with E-state index in [4.69, 9.17) is 18.9 Å². The van der Waals surface area contributed by atoms with Crippen molar-refractivity contribution in [2.45, 2.75) is 31.7 Å². The van der Waals surface area contributed by atoms with E-state index in [1.54, 1.807) is 25.2 Å². The van der Waals surface area contributed by atoms with Crippen LogP contribution >= 0.6 is 0 Å². The van der Waals surface area contributed by atoms with Gasteiger partial charge in [-0.3, -0.25) is 14.7 Å². The van der Waals surface area contributed by atoms with Gasteiger partial charge in [-0.25, -0.2) is 0 Å². The fraction of sp³-hybridized carbons (Fsp3) is 0.294. The molecule has 0 fully saturated rings. The van der Waals surface area contributed by atoms with E-state index >= 15 is 0 Å². The molecule has 0 radical (unpaired) electrons. The number of hydrogen-bond acceptors (Lipinski definition) is 10. The van der Waals surface area contributed by atoms with Gasteiger partial charge >= 0.3 is 0 Å². The number of fused-ring (bicyclic) bond motifs is 8. The summed E-state index contributed by atoms with van der Waals surface area (Å²) in [5, 5.41) is 21.3. The Morgan fingerprint density at radius 1 is 0.979 bits per heavy atom. The number of amides is 2. The molecule has 5 heterocycles. The van der Waals surface area contributed by atoms with E-state index in [-0.39, 0.29) is 17.5 Å². The van der Waals surface area contributed by atoms with Crippen molar-refractivity contribution in [3.8, 4) is 34.6 Å². The molecule has 14 nitrogen and oxygen atoms in total. The Balaban J connectivity index is 1.32. The zero-order valence-electron chi connectivity index (χ0n) is 26.5. The topological polar surface area (TPSA) is 159 Å². The predicted molar refractivity (Wildman–Crippen MR) is 172 cm³/mol. The first-order valence-electron chi connectivity index (χ1n) is 15.7. The predicted octanol–water partition coefficient (Wildman–Crippen LogP) is 3.81. The molecule has 0 saturated carbocycles. The number of methoxy groups -OCH3 is 2. The quantitative estimate of drug-likeness (QED) is 0.293. The van der Waals surface area contributed by atoms with E-state index in [0.29, 0.717) is 79.9 Å². The van der Waals surface area contributed by atoms with Gasteiger partial charge in [0, 0.05) is 25.6 Å². The SMILES string of the molecule is COc1ccc2cc1OCCCNC(=O)CCc1cccc(c1)Oc1cc3c(cc1OC)C2N(C(=O)c1cc(-n2cnnn2)n[nH]1)CC3. The van der Waals surface area contributed by atoms with Gasteiger partial charge in [0.25, 0.3) is 5.91 Å². The molecule has 8 rings (SSSR count). The summed E-state index contributed by atoms with van der Waals surface area (Å²) in [4.78, 5) is 28.6. The minimum atomic E-state index is -0.523. The molecule has 0 saturated heterocycles. The van der Waals surface area contributed by atoms with Crippen molar-refractivity contribution in [3.05, 3.63) is 94.9 Å². The summed E-state index contributed by atoms with van der Waals surface area (Å²) in [5.74, 6) is 2.90. The maximum absolute atomic E-state index is 14.2. The van der Waals surface area contributed by atoms with Crippen LogP contribution in [0.15, 0.2) is 67.0 Å². The van der Waals surface area contributed by atoms with Gasteiger partial charge in [-0.1, -0.05) is 18.2 Å². The molecule has 2 aromatic heterocycles. The standard InChI is InChI=1S/C34H34N8O6/c1-45-27-9-8-23-17-29(27)47-14-4-12-35-32(43)10-7-21-5-3-6-24(15-21)48-30-16-22-11-13-41(33(23)25(22)18-28(30)46-2)34(44)26-19-31(38-37-26)42-20-36-39-40-42/h3,5-6,8-9,15-20,33H,4,7,10-14H2,1-2H3,(H,35,43)(H,37,38). The number of ether oxygens (including phenoxy) is 4. The molecule has 3 aliphatic rings. The Hall–Kier alpha value is -5.92. The van der Waals surface area contributed by atoms with Crippen LogP contribution in [0.3, 0.4) is 0 Å². The first-order valence-corrected chi connectivity index (χ1v) is 15.7. The zero-order chi connectivity index (χ0) is 33.0. The molecule has 3 aliphatic heterocycles. The number of aryl methyl sites for hydroxylation is 1. The van der Waals surface area contributed by atoms with Crippen LogP contribution in [0.25, 0.3) is 5.82 Å². The largest absolute Gasteiger partial charge is 0.493 e. The van der Waals surface area contributed by atoms with Gasteiger partial charge in [-0.2, -0.15) is 9.78 Å². The molecular weight excluding hydrogens is 616 g/mol. The van der Waals surface area contributed by atoms with Crippen molar-refractivity contribution in [2.24, 2.45) is 0 Å². The number of H-pyrrole nitrogens is 1. The third kappa shape index (κ3) is 6.24. The molecule has 5 aromatic rings. The fourth-order valence-corrected chi connectivity index (χ4v) is 6.10. The summed E-state index contributed by atoms with van der Waals surface area (Å²) in [7, 11) is 3.17. The third-order valence-electron chi connectivity index (χ3n) is 8.46. The molecule has 1 atom stereocenters. The third-order valence-corrected chi connectivity index (χ3v) is 8.46. The average molecular weight is 651 g/mol. The molecular formula is C34H34N8O6. The van der Waals surface area contributed by atoms with Gasteiger partial charge in [-0.05, 0) is 88.3 Å². The summed E-state index contributed by atoms with van der Waals surface area (Å²) >= 11 is 0. The Bertz CT molecular complexity index is 1940. The highest BCUT2D eigenvalue weighted by Crippen LogP contribution is 2.44. The second-order valence-electron chi connectivity index (χ2n) is 11.5. The van der Waals surface area contributed by atoms with Crippen molar-refractivity contribution >= 4 is 11.8 Å². The van der Waals surface area contributed by atoms with Crippen LogP contribution in [0, 0.1) is 0 Å². The number of nitrogens with one attached hydrogen (secondary N) is 2. The molecule has 2 N–H and O–H groups in total. The second-order valence-corrected chi connectivity index (χ2v) is 11.5. The molecule has 3 aromatic carbocycles. The number of aromatic nitrogens is 6. The highest BCUT2D eigenvalue weighted by Gasteiger charge is 2.35. The number of hydrogen-bond donors (Lipinski definition) is 2. The van der Waals surface area contributed by atoms with Crippen LogP contribution in [-0.4, -0.2) is 81.0 Å². The molecule has 0 spiro atoms. The van der Waals surface area contributed by atoms with Crippen LogP contribution in [-0.2, 0) is 17.6 Å². The van der Waals surface area contributed by atoms with E-state index in [2.05, 4.69) is 31.0 Å². The summed E-state index contributed by atoms with van der Waals surface area (Å²) in [6, 6.07) is 18.4. The molecule has 8 bridgehead atoms. The van der Waals surface area contributed by atoms with Gasteiger partial charge in [0.2, 0.25) is 5.91 Å². The first-order chi connectivity index (χ1) is 23.5. The van der Waals surface area contributed by atoms with Crippen LogP contribution in [0.5, 0.6) is 28.7 Å². The summed E-state index contributed by atoms with van der Waals surface area (Å²) < 4.78 is 25.4. The number of aromatic amines is 1. The minimum absolute atomic E-state index is 0.0331.